The topological polar surface area (TPSA) is 136 Å². The Balaban J connectivity index is 1.85. The molecule has 3 amide bonds. The third-order valence-electron chi connectivity index (χ3n) is 5.39. The number of Topliss-reactive ketones (excluding diaryl/α,β-unsaturated/α-hetero) is 1. The quantitative estimate of drug-likeness (QED) is 0.400. The number of carbonyl (C=O) groups excluding carboxylic acids is 5. The number of ether oxygens (including phenoxy) is 1. The summed E-state index contributed by atoms with van der Waals surface area (Å²) in [7, 11) is 0. The number of nitrogens with zero attached hydrogens (tertiary/aromatic N) is 1. The number of carbonyl (C=O) groups is 5. The van der Waals surface area contributed by atoms with Gasteiger partial charge in [-0.3, -0.25) is 28.9 Å². The van der Waals surface area contributed by atoms with Gasteiger partial charge in [-0.25, -0.2) is 8.78 Å². The van der Waals surface area contributed by atoms with Crippen molar-refractivity contribution in [2.24, 2.45) is 5.73 Å². The number of imide groups is 1. The molecule has 0 radical (unpaired) electrons. The SMILES string of the molecule is CCOC(=O)C(N)C(C(=O)[C@H](C)NC(=O)Cc1cc(F)cc(F)c1)N1C(=O)c2ccccc2C1=O. The molecule has 2 aromatic rings. The molecule has 1 aliphatic rings. The Morgan fingerprint density at radius 1 is 1.03 bits per heavy atom. The zero-order valence-electron chi connectivity index (χ0n) is 18.9. The fraction of sp³-hybridized carbons (Fsp3) is 0.292. The van der Waals surface area contributed by atoms with Crippen LogP contribution in [0.25, 0.3) is 0 Å². The maximum Gasteiger partial charge on any atom is 0.325 e. The molecule has 11 heteroatoms. The average molecular weight is 487 g/mol. The molecule has 3 atom stereocenters. The minimum atomic E-state index is -1.77. The number of halogens is 2. The first-order valence-electron chi connectivity index (χ1n) is 10.7. The zero-order valence-corrected chi connectivity index (χ0v) is 18.9. The third-order valence-corrected chi connectivity index (χ3v) is 5.39. The molecule has 1 aliphatic heterocycles. The zero-order chi connectivity index (χ0) is 25.9. The minimum Gasteiger partial charge on any atom is -0.465 e. The number of amides is 3. The molecule has 0 aliphatic carbocycles. The van der Waals surface area contributed by atoms with Crippen molar-refractivity contribution in [3.8, 4) is 0 Å². The van der Waals surface area contributed by atoms with Crippen LogP contribution in [0.2, 0.25) is 0 Å². The number of ketones is 1. The van der Waals surface area contributed by atoms with Crippen molar-refractivity contribution in [2.75, 3.05) is 6.61 Å². The summed E-state index contributed by atoms with van der Waals surface area (Å²) in [5, 5.41) is 2.36. The van der Waals surface area contributed by atoms with E-state index < -0.39 is 65.7 Å². The molecule has 9 nitrogen and oxygen atoms in total. The van der Waals surface area contributed by atoms with Crippen molar-refractivity contribution >= 4 is 29.5 Å². The molecule has 1 heterocycles. The van der Waals surface area contributed by atoms with Gasteiger partial charge in [-0.05, 0) is 43.7 Å². The number of fused-ring (bicyclic) bond motifs is 1. The third kappa shape index (κ3) is 5.40. The summed E-state index contributed by atoms with van der Waals surface area (Å²) < 4.78 is 31.7. The van der Waals surface area contributed by atoms with Crippen LogP contribution < -0.4 is 11.1 Å². The summed E-state index contributed by atoms with van der Waals surface area (Å²) in [4.78, 5) is 64.7. The van der Waals surface area contributed by atoms with Crippen LogP contribution in [0.4, 0.5) is 8.78 Å². The van der Waals surface area contributed by atoms with Crippen LogP contribution in [0.1, 0.15) is 40.1 Å². The smallest absolute Gasteiger partial charge is 0.325 e. The van der Waals surface area contributed by atoms with Crippen LogP contribution in [0.15, 0.2) is 42.5 Å². The Morgan fingerprint density at radius 2 is 1.57 bits per heavy atom. The van der Waals surface area contributed by atoms with E-state index in [4.69, 9.17) is 10.5 Å². The molecule has 0 fully saturated rings. The van der Waals surface area contributed by atoms with Crippen molar-refractivity contribution < 1.29 is 37.5 Å². The van der Waals surface area contributed by atoms with E-state index in [1.807, 2.05) is 0 Å². The second-order valence-electron chi connectivity index (χ2n) is 7.89. The molecular weight excluding hydrogens is 464 g/mol. The van der Waals surface area contributed by atoms with Gasteiger partial charge in [0.2, 0.25) is 5.91 Å². The lowest BCUT2D eigenvalue weighted by molar-refractivity contribution is -0.148. The lowest BCUT2D eigenvalue weighted by Crippen LogP contribution is -2.61. The molecule has 184 valence electrons. The highest BCUT2D eigenvalue weighted by molar-refractivity contribution is 6.23. The van der Waals surface area contributed by atoms with E-state index in [-0.39, 0.29) is 23.3 Å². The molecule has 3 rings (SSSR count). The monoisotopic (exact) mass is 487 g/mol. The van der Waals surface area contributed by atoms with Crippen molar-refractivity contribution in [3.05, 3.63) is 70.8 Å². The molecule has 0 saturated heterocycles. The fourth-order valence-corrected chi connectivity index (χ4v) is 3.81. The highest BCUT2D eigenvalue weighted by Crippen LogP contribution is 2.26. The predicted molar refractivity (Wildman–Crippen MR) is 118 cm³/mol. The second kappa shape index (κ2) is 10.5. The summed E-state index contributed by atoms with van der Waals surface area (Å²) in [6.45, 7) is 2.73. The summed E-state index contributed by atoms with van der Waals surface area (Å²) >= 11 is 0. The number of esters is 1. The number of nitrogens with one attached hydrogen (secondary N) is 1. The van der Waals surface area contributed by atoms with Crippen molar-refractivity contribution in [1.82, 2.24) is 10.2 Å². The minimum absolute atomic E-state index is 0.0276. The average Bonchev–Trinajstić information content (AvgIpc) is 3.04. The summed E-state index contributed by atoms with van der Waals surface area (Å²) in [6, 6.07) is 3.63. The van der Waals surface area contributed by atoms with Crippen molar-refractivity contribution in [3.63, 3.8) is 0 Å². The molecule has 2 aromatic carbocycles. The molecule has 0 saturated carbocycles. The Kier molecular flexibility index (Phi) is 7.70. The Labute approximate surface area is 199 Å². The molecule has 2 unspecified atom stereocenters. The molecule has 35 heavy (non-hydrogen) atoms. The van der Waals surface area contributed by atoms with E-state index >= 15 is 0 Å². The Bertz CT molecular complexity index is 1150. The number of hydrogen-bond acceptors (Lipinski definition) is 7. The van der Waals surface area contributed by atoms with E-state index in [9.17, 15) is 32.8 Å². The van der Waals surface area contributed by atoms with Gasteiger partial charge < -0.3 is 15.8 Å². The van der Waals surface area contributed by atoms with E-state index in [2.05, 4.69) is 5.32 Å². The first-order chi connectivity index (χ1) is 16.5. The summed E-state index contributed by atoms with van der Waals surface area (Å²) in [6.07, 6.45) is -0.450. The number of rotatable bonds is 9. The number of nitrogens with two attached hydrogens (primary N) is 1. The molecule has 0 aromatic heterocycles. The molecular formula is C24H23F2N3O6. The van der Waals surface area contributed by atoms with Gasteiger partial charge in [-0.1, -0.05) is 12.1 Å². The summed E-state index contributed by atoms with van der Waals surface area (Å²) in [5.41, 5.74) is 6.08. The second-order valence-corrected chi connectivity index (χ2v) is 7.89. The van der Waals surface area contributed by atoms with Crippen LogP contribution >= 0.6 is 0 Å². The maximum atomic E-state index is 13.4. The van der Waals surface area contributed by atoms with E-state index in [1.165, 1.54) is 38.1 Å². The van der Waals surface area contributed by atoms with Crippen LogP contribution in [0.3, 0.4) is 0 Å². The molecule has 3 N–H and O–H groups in total. The van der Waals surface area contributed by atoms with E-state index in [0.717, 1.165) is 12.1 Å². The number of benzene rings is 2. The van der Waals surface area contributed by atoms with Crippen molar-refractivity contribution in [2.45, 2.75) is 38.4 Å². The Morgan fingerprint density at radius 3 is 2.09 bits per heavy atom. The number of hydrogen-bond donors (Lipinski definition) is 2. The standard InChI is InChI=1S/C24H23F2N3O6/c1-3-35-24(34)19(27)20(29-22(32)16-6-4-5-7-17(16)23(29)33)21(31)12(2)28-18(30)10-13-8-14(25)11-15(26)9-13/h4-9,11-12,19-20H,3,10,27H2,1-2H3,(H,28,30)/t12-,19?,20?/m0/s1. The summed E-state index contributed by atoms with van der Waals surface area (Å²) in [5.74, 6) is -6.07. The Hall–Kier alpha value is -3.99. The first-order valence-corrected chi connectivity index (χ1v) is 10.7. The van der Waals surface area contributed by atoms with Gasteiger partial charge in [-0.15, -0.1) is 0 Å². The van der Waals surface area contributed by atoms with E-state index in [1.54, 1.807) is 0 Å². The van der Waals surface area contributed by atoms with Gasteiger partial charge >= 0.3 is 5.97 Å². The highest BCUT2D eigenvalue weighted by Gasteiger charge is 2.48. The van der Waals surface area contributed by atoms with Crippen LogP contribution in [0, 0.1) is 11.6 Å². The van der Waals surface area contributed by atoms with Gasteiger partial charge in [0.05, 0.1) is 30.2 Å². The van der Waals surface area contributed by atoms with Crippen molar-refractivity contribution in [1.29, 1.82) is 0 Å². The lowest BCUT2D eigenvalue weighted by atomic mass is 9.97. The maximum absolute atomic E-state index is 13.4. The van der Waals surface area contributed by atoms with Gasteiger partial charge in [0, 0.05) is 6.07 Å². The van der Waals surface area contributed by atoms with Gasteiger partial charge in [0.15, 0.2) is 5.78 Å². The van der Waals surface area contributed by atoms with Crippen LogP contribution in [-0.2, 0) is 25.5 Å². The first kappa shape index (κ1) is 25.6. The fourth-order valence-electron chi connectivity index (χ4n) is 3.81. The van der Waals surface area contributed by atoms with Crippen LogP contribution in [-0.4, -0.2) is 59.1 Å². The highest BCUT2D eigenvalue weighted by atomic mass is 19.1. The van der Waals surface area contributed by atoms with E-state index in [0.29, 0.717) is 11.0 Å². The predicted octanol–water partition coefficient (Wildman–Crippen LogP) is 1.14. The van der Waals surface area contributed by atoms with Gasteiger partial charge in [0.1, 0.15) is 23.7 Å². The molecule has 0 spiro atoms. The normalized spacial score (nSPS) is 15.3. The lowest BCUT2D eigenvalue weighted by Gasteiger charge is -2.30. The van der Waals surface area contributed by atoms with Gasteiger partial charge in [0.25, 0.3) is 11.8 Å². The molecule has 0 bridgehead atoms. The largest absolute Gasteiger partial charge is 0.465 e. The van der Waals surface area contributed by atoms with Crippen LogP contribution in [0.5, 0.6) is 0 Å². The van der Waals surface area contributed by atoms with Gasteiger partial charge in [-0.2, -0.15) is 0 Å².